The van der Waals surface area contributed by atoms with Gasteiger partial charge >= 0.3 is 6.18 Å². The van der Waals surface area contributed by atoms with Gasteiger partial charge in [-0.05, 0) is 12.1 Å². The highest BCUT2D eigenvalue weighted by molar-refractivity contribution is 5.25. The molecule has 2 rings (SSSR count). The van der Waals surface area contributed by atoms with Crippen LogP contribution in [0.25, 0.3) is 0 Å². The third kappa shape index (κ3) is 2.77. The third-order valence-corrected chi connectivity index (χ3v) is 2.46. The maximum absolute atomic E-state index is 12.3. The highest BCUT2D eigenvalue weighted by Gasteiger charge is 2.31. The fourth-order valence-corrected chi connectivity index (χ4v) is 1.55. The summed E-state index contributed by atoms with van der Waals surface area (Å²) in [5, 5.41) is 8.83. The Hall–Kier alpha value is -1.11. The lowest BCUT2D eigenvalue weighted by molar-refractivity contribution is -0.137. The van der Waals surface area contributed by atoms with Gasteiger partial charge < -0.3 is 14.6 Å². The predicted octanol–water partition coefficient (Wildman–Crippen LogP) is 2.11. The van der Waals surface area contributed by atoms with E-state index in [4.69, 9.17) is 14.6 Å². The highest BCUT2D eigenvalue weighted by atomic mass is 19.4. The summed E-state index contributed by atoms with van der Waals surface area (Å²) in [4.78, 5) is 0. The number of ether oxygens (including phenoxy) is 2. The van der Waals surface area contributed by atoms with Crippen molar-refractivity contribution in [1.82, 2.24) is 0 Å². The van der Waals surface area contributed by atoms with Crippen molar-refractivity contribution in [1.29, 1.82) is 0 Å². The van der Waals surface area contributed by atoms with E-state index in [0.29, 0.717) is 5.56 Å². The summed E-state index contributed by atoms with van der Waals surface area (Å²) in [5.41, 5.74) is -0.202. The van der Waals surface area contributed by atoms with E-state index in [1.165, 1.54) is 12.1 Å². The third-order valence-electron chi connectivity index (χ3n) is 2.46. The summed E-state index contributed by atoms with van der Waals surface area (Å²) >= 11 is 0. The largest absolute Gasteiger partial charge is 0.416 e. The van der Waals surface area contributed by atoms with Crippen LogP contribution in [0, 0.1) is 0 Å². The summed E-state index contributed by atoms with van der Waals surface area (Å²) in [6.07, 6.45) is -5.46. The molecule has 0 aromatic heterocycles. The Kier molecular flexibility index (Phi) is 3.37. The van der Waals surface area contributed by atoms with Gasteiger partial charge in [0.1, 0.15) is 6.10 Å². The van der Waals surface area contributed by atoms with E-state index >= 15 is 0 Å². The van der Waals surface area contributed by atoms with Gasteiger partial charge in [-0.1, -0.05) is 12.1 Å². The number of halogens is 3. The molecule has 1 heterocycles. The van der Waals surface area contributed by atoms with Crippen molar-refractivity contribution in [2.75, 3.05) is 13.2 Å². The van der Waals surface area contributed by atoms with Gasteiger partial charge in [-0.2, -0.15) is 13.2 Å². The van der Waals surface area contributed by atoms with E-state index in [-0.39, 0.29) is 13.2 Å². The van der Waals surface area contributed by atoms with Crippen molar-refractivity contribution < 1.29 is 27.8 Å². The lowest BCUT2D eigenvalue weighted by Gasteiger charge is -2.12. The Morgan fingerprint density at radius 2 is 1.88 bits per heavy atom. The van der Waals surface area contributed by atoms with Gasteiger partial charge in [0.2, 0.25) is 0 Å². The second kappa shape index (κ2) is 4.64. The van der Waals surface area contributed by atoms with Crippen LogP contribution in [0.4, 0.5) is 13.2 Å². The first kappa shape index (κ1) is 12.3. The lowest BCUT2D eigenvalue weighted by Crippen LogP contribution is -2.14. The first-order chi connectivity index (χ1) is 8.00. The number of rotatable bonds is 2. The molecule has 1 fully saturated rings. The van der Waals surface area contributed by atoms with E-state index < -0.39 is 24.1 Å². The fraction of sp³-hybridized carbons (Fsp3) is 0.455. The monoisotopic (exact) mass is 248 g/mol. The van der Waals surface area contributed by atoms with Crippen molar-refractivity contribution in [3.05, 3.63) is 35.4 Å². The van der Waals surface area contributed by atoms with E-state index in [1.54, 1.807) is 0 Å². The molecule has 0 spiro atoms. The first-order valence-electron chi connectivity index (χ1n) is 5.06. The summed E-state index contributed by atoms with van der Waals surface area (Å²) in [6, 6.07) is 4.59. The number of alkyl halides is 3. The first-order valence-corrected chi connectivity index (χ1v) is 5.06. The number of aliphatic hydroxyl groups is 1. The number of benzene rings is 1. The highest BCUT2D eigenvalue weighted by Crippen LogP contribution is 2.32. The normalized spacial score (nSPS) is 25.2. The molecule has 0 saturated carbocycles. The quantitative estimate of drug-likeness (QED) is 0.871. The lowest BCUT2D eigenvalue weighted by atomic mass is 10.1. The molecule has 0 bridgehead atoms. The summed E-state index contributed by atoms with van der Waals surface area (Å²) in [6.45, 7) is 0.0688. The maximum atomic E-state index is 12.3. The molecule has 17 heavy (non-hydrogen) atoms. The van der Waals surface area contributed by atoms with Crippen molar-refractivity contribution in [3.8, 4) is 0 Å². The van der Waals surface area contributed by atoms with Crippen LogP contribution < -0.4 is 0 Å². The Morgan fingerprint density at radius 3 is 2.35 bits per heavy atom. The van der Waals surface area contributed by atoms with Crippen molar-refractivity contribution >= 4 is 0 Å². The van der Waals surface area contributed by atoms with Crippen LogP contribution in [0.1, 0.15) is 17.4 Å². The minimum absolute atomic E-state index is 0.170. The van der Waals surface area contributed by atoms with Gasteiger partial charge in [-0.25, -0.2) is 0 Å². The smallest absolute Gasteiger partial charge is 0.394 e. The molecule has 6 heteroatoms. The average Bonchev–Trinajstić information content (AvgIpc) is 2.76. The van der Waals surface area contributed by atoms with Crippen molar-refractivity contribution in [2.45, 2.75) is 18.6 Å². The zero-order valence-corrected chi connectivity index (χ0v) is 8.78. The average molecular weight is 248 g/mol. The second-order valence-electron chi connectivity index (χ2n) is 3.73. The van der Waals surface area contributed by atoms with Crippen LogP contribution in [0.3, 0.4) is 0 Å². The van der Waals surface area contributed by atoms with Gasteiger partial charge in [0.15, 0.2) is 6.29 Å². The Balaban J connectivity index is 2.09. The Morgan fingerprint density at radius 1 is 1.24 bits per heavy atom. The molecule has 3 nitrogen and oxygen atoms in total. The molecule has 1 aliphatic heterocycles. The van der Waals surface area contributed by atoms with Crippen LogP contribution in [-0.4, -0.2) is 24.4 Å². The van der Waals surface area contributed by atoms with Gasteiger partial charge in [0.05, 0.1) is 18.8 Å². The van der Waals surface area contributed by atoms with Crippen LogP contribution >= 0.6 is 0 Å². The summed E-state index contributed by atoms with van der Waals surface area (Å²) in [7, 11) is 0. The Bertz CT molecular complexity index is 375. The SMILES string of the molecule is OCC1COC(c2ccc(C(F)(F)F)cc2)O1. The Labute approximate surface area is 95.8 Å². The van der Waals surface area contributed by atoms with E-state index in [2.05, 4.69) is 0 Å². The summed E-state index contributed by atoms with van der Waals surface area (Å²) < 4.78 is 47.4. The minimum atomic E-state index is -4.34. The standard InChI is InChI=1S/C11H11F3O3/c12-11(13,14)8-3-1-7(2-4-8)10-16-6-9(5-15)17-10/h1-4,9-10,15H,5-6H2. The minimum Gasteiger partial charge on any atom is -0.394 e. The van der Waals surface area contributed by atoms with Crippen LogP contribution in [0.2, 0.25) is 0 Å². The second-order valence-corrected chi connectivity index (χ2v) is 3.73. The van der Waals surface area contributed by atoms with Crippen molar-refractivity contribution in [3.63, 3.8) is 0 Å². The number of aliphatic hydroxyl groups excluding tert-OH is 1. The molecule has 1 saturated heterocycles. The topological polar surface area (TPSA) is 38.7 Å². The molecule has 1 aliphatic rings. The number of hydrogen-bond donors (Lipinski definition) is 1. The zero-order valence-electron chi connectivity index (χ0n) is 8.78. The molecule has 2 unspecified atom stereocenters. The molecule has 0 aliphatic carbocycles. The van der Waals surface area contributed by atoms with Crippen LogP contribution in [-0.2, 0) is 15.7 Å². The van der Waals surface area contributed by atoms with E-state index in [0.717, 1.165) is 12.1 Å². The fourth-order valence-electron chi connectivity index (χ4n) is 1.55. The van der Waals surface area contributed by atoms with Crippen molar-refractivity contribution in [2.24, 2.45) is 0 Å². The van der Waals surface area contributed by atoms with Gasteiger partial charge in [0.25, 0.3) is 0 Å². The number of hydrogen-bond acceptors (Lipinski definition) is 3. The van der Waals surface area contributed by atoms with Gasteiger partial charge in [0, 0.05) is 5.56 Å². The predicted molar refractivity (Wildman–Crippen MR) is 52.1 cm³/mol. The molecule has 2 atom stereocenters. The maximum Gasteiger partial charge on any atom is 0.416 e. The molecule has 1 aromatic rings. The zero-order chi connectivity index (χ0) is 12.5. The molecule has 0 amide bonds. The summed E-state index contributed by atoms with van der Waals surface area (Å²) in [5.74, 6) is 0. The molecule has 94 valence electrons. The molecule has 1 N–H and O–H groups in total. The van der Waals surface area contributed by atoms with E-state index in [1.807, 2.05) is 0 Å². The van der Waals surface area contributed by atoms with Crippen LogP contribution in [0.5, 0.6) is 0 Å². The van der Waals surface area contributed by atoms with Gasteiger partial charge in [-0.3, -0.25) is 0 Å². The van der Waals surface area contributed by atoms with Crippen LogP contribution in [0.15, 0.2) is 24.3 Å². The molecular weight excluding hydrogens is 237 g/mol. The van der Waals surface area contributed by atoms with Gasteiger partial charge in [-0.15, -0.1) is 0 Å². The van der Waals surface area contributed by atoms with E-state index in [9.17, 15) is 13.2 Å². The molecule has 1 aromatic carbocycles. The molecular formula is C11H11F3O3. The molecule has 0 radical (unpaired) electrons.